The minimum atomic E-state index is 0.409. The largest absolute Gasteiger partial charge is 0.398 e. The number of nitrogens with zero attached hydrogens (tertiary/aromatic N) is 3. The fraction of sp³-hybridized carbons (Fsp3) is 0.0588. The molecule has 0 spiro atoms. The van der Waals surface area contributed by atoms with Crippen molar-refractivity contribution in [2.75, 3.05) is 11.5 Å². The molecule has 4 aromatic rings. The van der Waals surface area contributed by atoms with Crippen LogP contribution in [0.25, 0.3) is 27.7 Å². The van der Waals surface area contributed by atoms with Crippen molar-refractivity contribution in [2.45, 2.75) is 6.92 Å². The minimum Gasteiger partial charge on any atom is -0.398 e. The van der Waals surface area contributed by atoms with Crippen molar-refractivity contribution in [1.29, 1.82) is 0 Å². The van der Waals surface area contributed by atoms with Crippen LogP contribution in [0.15, 0.2) is 42.9 Å². The Kier molecular flexibility index (Phi) is 2.92. The summed E-state index contributed by atoms with van der Waals surface area (Å²) in [5.74, 6) is 0.409. The molecule has 0 atom stereocenters. The number of rotatable bonds is 1. The molecule has 0 radical (unpaired) electrons. The van der Waals surface area contributed by atoms with Gasteiger partial charge >= 0.3 is 0 Å². The topological polar surface area (TPSA) is 82.2 Å². The molecule has 2 heterocycles. The highest BCUT2D eigenvalue weighted by Gasteiger charge is 2.17. The Balaban J connectivity index is 2.23. The first-order valence-corrected chi connectivity index (χ1v) is 7.51. The predicted molar refractivity (Wildman–Crippen MR) is 94.5 cm³/mol. The number of hydrogen-bond acceptors (Lipinski definition) is 4. The minimum absolute atomic E-state index is 0.409. The lowest BCUT2D eigenvalue weighted by Gasteiger charge is -2.15. The monoisotopic (exact) mass is 323 g/mol. The van der Waals surface area contributed by atoms with Crippen LogP contribution in [0.4, 0.5) is 11.5 Å². The molecule has 23 heavy (non-hydrogen) atoms. The van der Waals surface area contributed by atoms with Crippen LogP contribution in [-0.2, 0) is 0 Å². The van der Waals surface area contributed by atoms with Crippen molar-refractivity contribution in [3.05, 3.63) is 53.4 Å². The lowest BCUT2D eigenvalue weighted by atomic mass is 9.97. The normalized spacial score (nSPS) is 11.4. The number of nitrogen functional groups attached to an aromatic ring is 2. The summed E-state index contributed by atoms with van der Waals surface area (Å²) in [5.41, 5.74) is 18.0. The van der Waals surface area contributed by atoms with E-state index >= 15 is 0 Å². The Morgan fingerprint density at radius 2 is 1.87 bits per heavy atom. The second kappa shape index (κ2) is 4.86. The average Bonchev–Trinajstić information content (AvgIpc) is 2.99. The highest BCUT2D eigenvalue weighted by molar-refractivity contribution is 6.34. The molecule has 2 aromatic carbocycles. The van der Waals surface area contributed by atoms with Crippen LogP contribution in [0.1, 0.15) is 5.56 Å². The van der Waals surface area contributed by atoms with Gasteiger partial charge in [-0.25, -0.2) is 9.97 Å². The highest BCUT2D eigenvalue weighted by atomic mass is 35.5. The van der Waals surface area contributed by atoms with E-state index in [4.69, 9.17) is 23.1 Å². The molecule has 4 rings (SSSR count). The summed E-state index contributed by atoms with van der Waals surface area (Å²) in [4.78, 5) is 8.73. The van der Waals surface area contributed by atoms with Crippen LogP contribution in [-0.4, -0.2) is 14.4 Å². The molecule has 0 fully saturated rings. The molecule has 0 amide bonds. The van der Waals surface area contributed by atoms with Crippen molar-refractivity contribution in [1.82, 2.24) is 14.4 Å². The van der Waals surface area contributed by atoms with E-state index in [0.717, 1.165) is 27.7 Å². The van der Waals surface area contributed by atoms with E-state index in [1.165, 1.54) is 0 Å². The van der Waals surface area contributed by atoms with Gasteiger partial charge in [-0.3, -0.25) is 4.40 Å². The molecule has 5 nitrogen and oxygen atoms in total. The van der Waals surface area contributed by atoms with Crippen LogP contribution in [0, 0.1) is 6.92 Å². The molecule has 0 saturated carbocycles. The van der Waals surface area contributed by atoms with Gasteiger partial charge < -0.3 is 11.5 Å². The zero-order chi connectivity index (χ0) is 16.1. The van der Waals surface area contributed by atoms with Gasteiger partial charge in [0.15, 0.2) is 0 Å². The van der Waals surface area contributed by atoms with Gasteiger partial charge in [0.1, 0.15) is 11.3 Å². The number of aryl methyl sites for hydroxylation is 1. The molecular weight excluding hydrogens is 310 g/mol. The predicted octanol–water partition coefficient (Wildman–Crippen LogP) is 3.68. The number of anilines is 2. The van der Waals surface area contributed by atoms with Crippen LogP contribution in [0.3, 0.4) is 0 Å². The fourth-order valence-electron chi connectivity index (χ4n) is 2.97. The molecule has 0 unspecified atom stereocenters. The van der Waals surface area contributed by atoms with Crippen molar-refractivity contribution in [2.24, 2.45) is 0 Å². The number of imidazole rings is 1. The summed E-state index contributed by atoms with van der Waals surface area (Å²) in [5, 5.41) is 0.635. The van der Waals surface area contributed by atoms with Crippen molar-refractivity contribution >= 4 is 39.7 Å². The Hall–Kier alpha value is -2.79. The van der Waals surface area contributed by atoms with Gasteiger partial charge in [-0.15, -0.1) is 0 Å². The van der Waals surface area contributed by atoms with Gasteiger partial charge in [-0.1, -0.05) is 23.7 Å². The molecule has 4 N–H and O–H groups in total. The van der Waals surface area contributed by atoms with E-state index in [1.807, 2.05) is 41.7 Å². The zero-order valence-corrected chi connectivity index (χ0v) is 13.2. The van der Waals surface area contributed by atoms with Crippen molar-refractivity contribution in [3.8, 4) is 11.1 Å². The van der Waals surface area contributed by atoms with Gasteiger partial charge in [0, 0.05) is 21.8 Å². The Bertz CT molecular complexity index is 1050. The Morgan fingerprint density at radius 1 is 1.04 bits per heavy atom. The second-order valence-electron chi connectivity index (χ2n) is 5.48. The molecule has 2 aromatic heterocycles. The van der Waals surface area contributed by atoms with Crippen LogP contribution in [0.5, 0.6) is 0 Å². The number of aromatic nitrogens is 3. The SMILES string of the molecule is Cc1cccc(Cl)c1-c1c(N)ccc2c1nc(N)c1cncn12. The molecular formula is C17H14ClN5. The molecule has 0 aliphatic heterocycles. The van der Waals surface area contributed by atoms with Gasteiger partial charge in [-0.05, 0) is 30.7 Å². The number of fused-ring (bicyclic) bond motifs is 3. The standard InChI is InChI=1S/C17H14ClN5/c1-9-3-2-4-10(18)14(9)15-11(19)5-6-12-16(15)22-17(20)13-7-21-8-23(12)13/h2-8H,19H2,1H3,(H2,20,22). The third kappa shape index (κ3) is 1.94. The smallest absolute Gasteiger partial charge is 0.150 e. The van der Waals surface area contributed by atoms with Crippen LogP contribution >= 0.6 is 11.6 Å². The van der Waals surface area contributed by atoms with Crippen molar-refractivity contribution in [3.63, 3.8) is 0 Å². The summed E-state index contributed by atoms with van der Waals surface area (Å²) in [7, 11) is 0. The lowest BCUT2D eigenvalue weighted by Crippen LogP contribution is -2.02. The number of hydrogen-bond donors (Lipinski definition) is 2. The first kappa shape index (κ1) is 13.8. The first-order valence-electron chi connectivity index (χ1n) is 7.13. The van der Waals surface area contributed by atoms with E-state index in [0.29, 0.717) is 22.0 Å². The van der Waals surface area contributed by atoms with Crippen LogP contribution < -0.4 is 11.5 Å². The number of nitrogens with two attached hydrogens (primary N) is 2. The maximum Gasteiger partial charge on any atom is 0.150 e. The van der Waals surface area contributed by atoms with Crippen LogP contribution in [0.2, 0.25) is 5.02 Å². The third-order valence-electron chi connectivity index (χ3n) is 4.05. The second-order valence-corrected chi connectivity index (χ2v) is 5.88. The third-order valence-corrected chi connectivity index (χ3v) is 4.37. The van der Waals surface area contributed by atoms with Gasteiger partial charge in [0.05, 0.1) is 23.6 Å². The van der Waals surface area contributed by atoms with Gasteiger partial charge in [-0.2, -0.15) is 0 Å². The number of benzene rings is 2. The van der Waals surface area contributed by atoms with Crippen molar-refractivity contribution < 1.29 is 0 Å². The molecule has 6 heteroatoms. The fourth-order valence-corrected chi connectivity index (χ4v) is 3.29. The van der Waals surface area contributed by atoms with E-state index in [9.17, 15) is 0 Å². The summed E-state index contributed by atoms with van der Waals surface area (Å²) >= 11 is 6.44. The van der Waals surface area contributed by atoms with E-state index in [-0.39, 0.29) is 0 Å². The van der Waals surface area contributed by atoms with Gasteiger partial charge in [0.25, 0.3) is 0 Å². The number of halogens is 1. The molecule has 0 aliphatic carbocycles. The Labute approximate surface area is 137 Å². The summed E-state index contributed by atoms with van der Waals surface area (Å²) in [6, 6.07) is 9.54. The average molecular weight is 324 g/mol. The first-order chi connectivity index (χ1) is 11.1. The quantitative estimate of drug-likeness (QED) is 0.523. The molecule has 0 saturated heterocycles. The molecule has 114 valence electrons. The lowest BCUT2D eigenvalue weighted by molar-refractivity contribution is 1.19. The highest BCUT2D eigenvalue weighted by Crippen LogP contribution is 2.39. The van der Waals surface area contributed by atoms with E-state index in [2.05, 4.69) is 9.97 Å². The summed E-state index contributed by atoms with van der Waals surface area (Å²) in [6.45, 7) is 2.00. The van der Waals surface area contributed by atoms with Gasteiger partial charge in [0.2, 0.25) is 0 Å². The summed E-state index contributed by atoms with van der Waals surface area (Å²) < 4.78 is 1.91. The Morgan fingerprint density at radius 3 is 2.65 bits per heavy atom. The zero-order valence-electron chi connectivity index (χ0n) is 12.4. The maximum atomic E-state index is 6.44. The van der Waals surface area contributed by atoms with E-state index < -0.39 is 0 Å². The van der Waals surface area contributed by atoms with E-state index in [1.54, 1.807) is 12.5 Å². The summed E-state index contributed by atoms with van der Waals surface area (Å²) in [6.07, 6.45) is 3.41. The molecule has 0 bridgehead atoms. The molecule has 0 aliphatic rings. The maximum absolute atomic E-state index is 6.44.